The first-order chi connectivity index (χ1) is 11.9. The SMILES string of the molecule is COc1ccccc1N1CCN(C(=O)c2ccc(C)nc2)CC1(C)C. The molecule has 1 aliphatic heterocycles. The Balaban J connectivity index is 1.80. The maximum Gasteiger partial charge on any atom is 0.255 e. The highest BCUT2D eigenvalue weighted by Crippen LogP contribution is 2.35. The third-order valence-electron chi connectivity index (χ3n) is 4.72. The van der Waals surface area contributed by atoms with Crippen LogP contribution in [0.15, 0.2) is 42.6 Å². The lowest BCUT2D eigenvalue weighted by Crippen LogP contribution is -2.60. The number of pyridine rings is 1. The molecule has 2 aromatic rings. The predicted molar refractivity (Wildman–Crippen MR) is 99.3 cm³/mol. The summed E-state index contributed by atoms with van der Waals surface area (Å²) in [5.41, 5.74) is 2.44. The van der Waals surface area contributed by atoms with E-state index in [9.17, 15) is 4.79 Å². The fourth-order valence-corrected chi connectivity index (χ4v) is 3.40. The molecule has 1 aromatic carbocycles. The first-order valence-corrected chi connectivity index (χ1v) is 8.55. The summed E-state index contributed by atoms with van der Waals surface area (Å²) < 4.78 is 5.52. The van der Waals surface area contributed by atoms with Gasteiger partial charge in [0, 0.05) is 31.5 Å². The molecule has 0 aliphatic carbocycles. The van der Waals surface area contributed by atoms with Crippen LogP contribution < -0.4 is 9.64 Å². The zero-order valence-corrected chi connectivity index (χ0v) is 15.3. The van der Waals surface area contributed by atoms with E-state index in [-0.39, 0.29) is 11.4 Å². The molecule has 2 heterocycles. The molecule has 0 atom stereocenters. The Bertz CT molecular complexity index is 756. The average molecular weight is 339 g/mol. The normalized spacial score (nSPS) is 16.6. The van der Waals surface area contributed by atoms with Crippen LogP contribution in [0.4, 0.5) is 5.69 Å². The van der Waals surface area contributed by atoms with Crippen LogP contribution in [0, 0.1) is 6.92 Å². The lowest BCUT2D eigenvalue weighted by atomic mass is 9.97. The molecule has 0 N–H and O–H groups in total. The zero-order chi connectivity index (χ0) is 18.0. The van der Waals surface area contributed by atoms with E-state index in [1.54, 1.807) is 13.3 Å². The van der Waals surface area contributed by atoms with Gasteiger partial charge >= 0.3 is 0 Å². The molecule has 5 nitrogen and oxygen atoms in total. The highest BCUT2D eigenvalue weighted by molar-refractivity contribution is 5.94. The minimum absolute atomic E-state index is 0.0419. The van der Waals surface area contributed by atoms with E-state index in [1.807, 2.05) is 42.2 Å². The standard InChI is InChI=1S/C20H25N3O2/c1-15-9-10-16(13-21-15)19(24)22-11-12-23(20(2,3)14-22)17-7-5-6-8-18(17)25-4/h5-10,13H,11-12,14H2,1-4H3. The molecule has 0 saturated carbocycles. The number of hydrogen-bond acceptors (Lipinski definition) is 4. The van der Waals surface area contributed by atoms with Crippen molar-refractivity contribution in [3.8, 4) is 5.75 Å². The fourth-order valence-electron chi connectivity index (χ4n) is 3.40. The summed E-state index contributed by atoms with van der Waals surface area (Å²) >= 11 is 0. The van der Waals surface area contributed by atoms with Crippen molar-refractivity contribution in [3.05, 3.63) is 53.9 Å². The van der Waals surface area contributed by atoms with Gasteiger partial charge < -0.3 is 14.5 Å². The van der Waals surface area contributed by atoms with Crippen LogP contribution in [0.2, 0.25) is 0 Å². The number of aromatic nitrogens is 1. The molecule has 25 heavy (non-hydrogen) atoms. The molecule has 1 saturated heterocycles. The second kappa shape index (κ2) is 6.75. The van der Waals surface area contributed by atoms with Crippen molar-refractivity contribution in [3.63, 3.8) is 0 Å². The summed E-state index contributed by atoms with van der Waals surface area (Å²) in [6.07, 6.45) is 1.66. The number of methoxy groups -OCH3 is 1. The fraction of sp³-hybridized carbons (Fsp3) is 0.400. The summed E-state index contributed by atoms with van der Waals surface area (Å²) in [6.45, 7) is 8.33. The number of amides is 1. The van der Waals surface area contributed by atoms with Crippen molar-refractivity contribution in [1.82, 2.24) is 9.88 Å². The summed E-state index contributed by atoms with van der Waals surface area (Å²) in [4.78, 5) is 21.3. The second-order valence-electron chi connectivity index (χ2n) is 7.05. The van der Waals surface area contributed by atoms with E-state index in [0.717, 1.165) is 23.7 Å². The monoisotopic (exact) mass is 339 g/mol. The number of hydrogen-bond donors (Lipinski definition) is 0. The maximum atomic E-state index is 12.8. The van der Waals surface area contributed by atoms with Gasteiger partial charge in [-0.3, -0.25) is 9.78 Å². The summed E-state index contributed by atoms with van der Waals surface area (Å²) in [5, 5.41) is 0. The van der Waals surface area contributed by atoms with Crippen molar-refractivity contribution >= 4 is 11.6 Å². The smallest absolute Gasteiger partial charge is 0.255 e. The molecule has 0 spiro atoms. The van der Waals surface area contributed by atoms with Gasteiger partial charge in [0.15, 0.2) is 0 Å². The molecular formula is C20H25N3O2. The second-order valence-corrected chi connectivity index (χ2v) is 7.05. The Hall–Kier alpha value is -2.56. The van der Waals surface area contributed by atoms with Gasteiger partial charge in [-0.15, -0.1) is 0 Å². The van der Waals surface area contributed by atoms with Crippen molar-refractivity contribution in [2.45, 2.75) is 26.3 Å². The van der Waals surface area contributed by atoms with Crippen LogP contribution in [-0.2, 0) is 0 Å². The molecule has 1 aromatic heterocycles. The van der Waals surface area contributed by atoms with Crippen LogP contribution in [0.3, 0.4) is 0 Å². The lowest BCUT2D eigenvalue weighted by Gasteiger charge is -2.48. The number of aryl methyl sites for hydroxylation is 1. The highest BCUT2D eigenvalue weighted by atomic mass is 16.5. The van der Waals surface area contributed by atoms with Crippen LogP contribution in [-0.4, -0.2) is 48.1 Å². The van der Waals surface area contributed by atoms with Gasteiger partial charge in [0.2, 0.25) is 0 Å². The minimum atomic E-state index is -0.194. The maximum absolute atomic E-state index is 12.8. The topological polar surface area (TPSA) is 45.7 Å². The molecule has 1 fully saturated rings. The number of piperazine rings is 1. The largest absolute Gasteiger partial charge is 0.495 e. The number of carbonyl (C=O) groups excluding carboxylic acids is 1. The molecule has 1 amide bonds. The van der Waals surface area contributed by atoms with Gasteiger partial charge in [0.25, 0.3) is 5.91 Å². The van der Waals surface area contributed by atoms with E-state index in [1.165, 1.54) is 0 Å². The van der Waals surface area contributed by atoms with Crippen molar-refractivity contribution in [2.75, 3.05) is 31.6 Å². The van der Waals surface area contributed by atoms with Gasteiger partial charge in [-0.2, -0.15) is 0 Å². The predicted octanol–water partition coefficient (Wildman–Crippen LogP) is 3.14. The Morgan fingerprint density at radius 1 is 1.16 bits per heavy atom. The molecular weight excluding hydrogens is 314 g/mol. The van der Waals surface area contributed by atoms with Gasteiger partial charge in [-0.05, 0) is 45.0 Å². The Kier molecular flexibility index (Phi) is 4.66. The van der Waals surface area contributed by atoms with Crippen LogP contribution in [0.1, 0.15) is 29.9 Å². The molecule has 0 bridgehead atoms. The zero-order valence-electron chi connectivity index (χ0n) is 15.3. The van der Waals surface area contributed by atoms with Crippen LogP contribution >= 0.6 is 0 Å². The number of anilines is 1. The summed E-state index contributed by atoms with van der Waals surface area (Å²) in [5.74, 6) is 0.901. The summed E-state index contributed by atoms with van der Waals surface area (Å²) in [6, 6.07) is 11.8. The van der Waals surface area contributed by atoms with Gasteiger partial charge in [0.1, 0.15) is 5.75 Å². The molecule has 0 radical (unpaired) electrons. The molecule has 3 rings (SSSR count). The van der Waals surface area contributed by atoms with Gasteiger partial charge in [-0.1, -0.05) is 12.1 Å². The number of ether oxygens (including phenoxy) is 1. The van der Waals surface area contributed by atoms with Gasteiger partial charge in [-0.25, -0.2) is 0 Å². The van der Waals surface area contributed by atoms with Crippen molar-refractivity contribution in [2.24, 2.45) is 0 Å². The van der Waals surface area contributed by atoms with Gasteiger partial charge in [0.05, 0.1) is 23.9 Å². The first kappa shape index (κ1) is 17.3. The quantitative estimate of drug-likeness (QED) is 0.862. The van der Waals surface area contributed by atoms with E-state index >= 15 is 0 Å². The number of carbonyl (C=O) groups is 1. The number of para-hydroxylation sites is 2. The molecule has 132 valence electrons. The van der Waals surface area contributed by atoms with E-state index in [2.05, 4.69) is 29.8 Å². The Labute approximate surface area is 149 Å². The third-order valence-corrected chi connectivity index (χ3v) is 4.72. The third kappa shape index (κ3) is 3.45. The van der Waals surface area contributed by atoms with Crippen LogP contribution in [0.25, 0.3) is 0 Å². The summed E-state index contributed by atoms with van der Waals surface area (Å²) in [7, 11) is 1.69. The lowest BCUT2D eigenvalue weighted by molar-refractivity contribution is 0.0685. The average Bonchev–Trinajstić information content (AvgIpc) is 2.61. The van der Waals surface area contributed by atoms with Crippen LogP contribution in [0.5, 0.6) is 5.75 Å². The Morgan fingerprint density at radius 3 is 2.56 bits per heavy atom. The molecule has 1 aliphatic rings. The van der Waals surface area contributed by atoms with E-state index in [4.69, 9.17) is 4.74 Å². The number of nitrogens with zero attached hydrogens (tertiary/aromatic N) is 3. The van der Waals surface area contributed by atoms with Crippen molar-refractivity contribution in [1.29, 1.82) is 0 Å². The minimum Gasteiger partial charge on any atom is -0.495 e. The number of benzene rings is 1. The highest BCUT2D eigenvalue weighted by Gasteiger charge is 2.37. The van der Waals surface area contributed by atoms with E-state index in [0.29, 0.717) is 18.7 Å². The van der Waals surface area contributed by atoms with E-state index < -0.39 is 0 Å². The van der Waals surface area contributed by atoms with Crippen molar-refractivity contribution < 1.29 is 9.53 Å². The first-order valence-electron chi connectivity index (χ1n) is 8.55. The molecule has 0 unspecified atom stereocenters. The Morgan fingerprint density at radius 2 is 1.92 bits per heavy atom. The molecule has 5 heteroatoms. The number of rotatable bonds is 3.